The standard InChI is InChI=1S/C24H37N3O6S/c28-19-16-27(34(30,31)21-7-3-1-4-8-21)22-10-9-20(33-23(22)18-32-17-19)15-24(29)25-11-14-26-12-5-2-6-13-26/h1,3-4,7-8,19-20,22-23,28H,2,5-6,9-18H2,(H,25,29)/t19-,20-,22+,23-/m1/s1. The molecule has 0 bridgehead atoms. The van der Waals surface area contributed by atoms with Crippen molar-refractivity contribution < 1.29 is 27.8 Å². The first-order valence-corrected chi connectivity index (χ1v) is 13.8. The summed E-state index contributed by atoms with van der Waals surface area (Å²) < 4.78 is 40.0. The Morgan fingerprint density at radius 3 is 2.62 bits per heavy atom. The molecule has 0 aromatic heterocycles. The molecule has 2 N–H and O–H groups in total. The molecule has 4 atom stereocenters. The van der Waals surface area contributed by atoms with Gasteiger partial charge in [0.15, 0.2) is 0 Å². The van der Waals surface area contributed by atoms with Gasteiger partial charge in [-0.2, -0.15) is 4.31 Å². The molecule has 10 heteroatoms. The van der Waals surface area contributed by atoms with Crippen molar-refractivity contribution in [3.63, 3.8) is 0 Å². The Hall–Kier alpha value is -1.56. The SMILES string of the molecule is O=C(C[C@H]1CC[C@H]2[C@@H](COC[C@H](O)CN2S(=O)(=O)c2ccccc2)O1)NCCN1CCCCC1. The molecule has 3 aliphatic heterocycles. The first-order chi connectivity index (χ1) is 16.4. The predicted octanol–water partition coefficient (Wildman–Crippen LogP) is 0.977. The number of aliphatic hydroxyl groups is 1. The van der Waals surface area contributed by atoms with Gasteiger partial charge in [0.2, 0.25) is 15.9 Å². The first kappa shape index (κ1) is 25.5. The summed E-state index contributed by atoms with van der Waals surface area (Å²) in [4.78, 5) is 15.1. The number of likely N-dealkylation sites (tertiary alicyclic amines) is 1. The summed E-state index contributed by atoms with van der Waals surface area (Å²) in [7, 11) is -3.81. The van der Waals surface area contributed by atoms with Gasteiger partial charge in [0.1, 0.15) is 0 Å². The fourth-order valence-corrected chi connectivity index (χ4v) is 6.85. The van der Waals surface area contributed by atoms with E-state index in [1.54, 1.807) is 30.3 Å². The van der Waals surface area contributed by atoms with Crippen molar-refractivity contribution in [2.24, 2.45) is 0 Å². The van der Waals surface area contributed by atoms with Gasteiger partial charge >= 0.3 is 0 Å². The maximum absolute atomic E-state index is 13.4. The van der Waals surface area contributed by atoms with Gasteiger partial charge in [0.25, 0.3) is 0 Å². The third-order valence-electron chi connectivity index (χ3n) is 6.90. The lowest BCUT2D eigenvalue weighted by Gasteiger charge is -2.43. The van der Waals surface area contributed by atoms with Gasteiger partial charge in [0, 0.05) is 19.6 Å². The highest BCUT2D eigenvalue weighted by atomic mass is 32.2. The lowest BCUT2D eigenvalue weighted by Crippen LogP contribution is -2.57. The van der Waals surface area contributed by atoms with E-state index < -0.39 is 28.3 Å². The van der Waals surface area contributed by atoms with E-state index in [2.05, 4.69) is 10.2 Å². The molecule has 190 valence electrons. The molecule has 0 aliphatic carbocycles. The molecule has 1 amide bonds. The van der Waals surface area contributed by atoms with Crippen LogP contribution in [-0.4, -0.2) is 98.9 Å². The average Bonchev–Trinajstić information content (AvgIpc) is 2.83. The number of benzene rings is 1. The molecule has 34 heavy (non-hydrogen) atoms. The number of sulfonamides is 1. The molecule has 3 heterocycles. The first-order valence-electron chi connectivity index (χ1n) is 12.4. The molecule has 3 saturated heterocycles. The van der Waals surface area contributed by atoms with Crippen molar-refractivity contribution in [1.82, 2.24) is 14.5 Å². The molecule has 0 unspecified atom stereocenters. The van der Waals surface area contributed by atoms with Crippen molar-refractivity contribution in [2.75, 3.05) is 45.9 Å². The Kier molecular flexibility index (Phi) is 8.95. The van der Waals surface area contributed by atoms with E-state index in [-0.39, 0.29) is 43.1 Å². The van der Waals surface area contributed by atoms with Crippen LogP contribution in [0.4, 0.5) is 0 Å². The molecule has 1 aromatic carbocycles. The third kappa shape index (κ3) is 6.56. The summed E-state index contributed by atoms with van der Waals surface area (Å²) >= 11 is 0. The Balaban J connectivity index is 1.35. The third-order valence-corrected chi connectivity index (χ3v) is 8.80. The van der Waals surface area contributed by atoms with Gasteiger partial charge in [0.05, 0.1) is 48.9 Å². The van der Waals surface area contributed by atoms with E-state index in [9.17, 15) is 18.3 Å². The molecular weight excluding hydrogens is 458 g/mol. The summed E-state index contributed by atoms with van der Waals surface area (Å²) in [5.41, 5.74) is 0. The highest BCUT2D eigenvalue weighted by Crippen LogP contribution is 2.31. The zero-order valence-electron chi connectivity index (χ0n) is 19.7. The number of β-amino-alcohol motifs (C(OH)–C–C–N with tert-alkyl or cyclic N) is 1. The number of ether oxygens (including phenoxy) is 2. The Labute approximate surface area is 202 Å². The number of nitrogens with zero attached hydrogens (tertiary/aromatic N) is 2. The number of amides is 1. The second kappa shape index (κ2) is 11.9. The van der Waals surface area contributed by atoms with Gasteiger partial charge < -0.3 is 24.8 Å². The number of aliphatic hydroxyl groups excluding tert-OH is 1. The Morgan fingerprint density at radius 2 is 1.85 bits per heavy atom. The molecule has 0 saturated carbocycles. The predicted molar refractivity (Wildman–Crippen MR) is 127 cm³/mol. The summed E-state index contributed by atoms with van der Waals surface area (Å²) in [6.45, 7) is 3.85. The number of nitrogens with one attached hydrogen (secondary N) is 1. The van der Waals surface area contributed by atoms with Crippen molar-refractivity contribution in [3.8, 4) is 0 Å². The maximum atomic E-state index is 13.4. The fraction of sp³-hybridized carbons (Fsp3) is 0.708. The van der Waals surface area contributed by atoms with E-state index in [0.29, 0.717) is 19.4 Å². The van der Waals surface area contributed by atoms with Crippen LogP contribution in [0.1, 0.15) is 38.5 Å². The topological polar surface area (TPSA) is 108 Å². The molecule has 9 nitrogen and oxygen atoms in total. The van der Waals surface area contributed by atoms with Crippen LogP contribution in [0, 0.1) is 0 Å². The van der Waals surface area contributed by atoms with Gasteiger partial charge in [-0.25, -0.2) is 8.42 Å². The number of hydrogen-bond donors (Lipinski definition) is 2. The van der Waals surface area contributed by atoms with Crippen LogP contribution < -0.4 is 5.32 Å². The van der Waals surface area contributed by atoms with Crippen LogP contribution in [0.2, 0.25) is 0 Å². The normalized spacial score (nSPS) is 29.6. The monoisotopic (exact) mass is 495 g/mol. The zero-order chi connectivity index (χ0) is 24.0. The highest BCUT2D eigenvalue weighted by molar-refractivity contribution is 7.89. The number of fused-ring (bicyclic) bond motifs is 1. The lowest BCUT2D eigenvalue weighted by molar-refractivity contribution is -0.146. The van der Waals surface area contributed by atoms with Crippen LogP contribution in [0.15, 0.2) is 35.2 Å². The fourth-order valence-electron chi connectivity index (χ4n) is 5.11. The maximum Gasteiger partial charge on any atom is 0.243 e. The molecular formula is C24H37N3O6S. The largest absolute Gasteiger partial charge is 0.389 e. The molecule has 0 spiro atoms. The zero-order valence-corrected chi connectivity index (χ0v) is 20.5. The van der Waals surface area contributed by atoms with Crippen LogP contribution >= 0.6 is 0 Å². The number of carbonyl (C=O) groups is 1. The molecule has 3 aliphatic rings. The van der Waals surface area contributed by atoms with E-state index in [1.165, 1.54) is 23.6 Å². The average molecular weight is 496 g/mol. The minimum atomic E-state index is -3.81. The van der Waals surface area contributed by atoms with Crippen LogP contribution in [0.25, 0.3) is 0 Å². The minimum absolute atomic E-state index is 0.0367. The molecule has 4 rings (SSSR count). The Bertz CT molecular complexity index is 893. The number of piperidine rings is 1. The molecule has 1 aromatic rings. The summed E-state index contributed by atoms with van der Waals surface area (Å²) in [5, 5.41) is 13.3. The summed E-state index contributed by atoms with van der Waals surface area (Å²) in [5.74, 6) is -0.0450. The van der Waals surface area contributed by atoms with Gasteiger partial charge in [-0.15, -0.1) is 0 Å². The number of rotatable bonds is 7. The highest BCUT2D eigenvalue weighted by Gasteiger charge is 2.43. The van der Waals surface area contributed by atoms with Crippen molar-refractivity contribution >= 4 is 15.9 Å². The molecule has 0 radical (unpaired) electrons. The molecule has 3 fully saturated rings. The van der Waals surface area contributed by atoms with E-state index in [1.807, 2.05) is 0 Å². The van der Waals surface area contributed by atoms with E-state index in [0.717, 1.165) is 19.6 Å². The quantitative estimate of drug-likeness (QED) is 0.580. The van der Waals surface area contributed by atoms with Crippen molar-refractivity contribution in [2.45, 2.75) is 67.8 Å². The van der Waals surface area contributed by atoms with Crippen LogP contribution in [0.3, 0.4) is 0 Å². The van der Waals surface area contributed by atoms with E-state index in [4.69, 9.17) is 9.47 Å². The van der Waals surface area contributed by atoms with Gasteiger partial charge in [-0.3, -0.25) is 4.79 Å². The lowest BCUT2D eigenvalue weighted by atomic mass is 9.96. The van der Waals surface area contributed by atoms with Crippen LogP contribution in [0.5, 0.6) is 0 Å². The number of hydrogen-bond acceptors (Lipinski definition) is 7. The van der Waals surface area contributed by atoms with E-state index >= 15 is 0 Å². The van der Waals surface area contributed by atoms with Crippen molar-refractivity contribution in [3.05, 3.63) is 30.3 Å². The second-order valence-corrected chi connectivity index (χ2v) is 11.4. The smallest absolute Gasteiger partial charge is 0.243 e. The van der Waals surface area contributed by atoms with Gasteiger partial charge in [-0.1, -0.05) is 24.6 Å². The summed E-state index contributed by atoms with van der Waals surface area (Å²) in [6, 6.07) is 7.80. The van der Waals surface area contributed by atoms with Crippen molar-refractivity contribution in [1.29, 1.82) is 0 Å². The van der Waals surface area contributed by atoms with Gasteiger partial charge in [-0.05, 0) is 50.9 Å². The Morgan fingerprint density at radius 1 is 1.09 bits per heavy atom. The summed E-state index contributed by atoms with van der Waals surface area (Å²) in [6.07, 6.45) is 3.40. The minimum Gasteiger partial charge on any atom is -0.389 e. The number of carbonyl (C=O) groups excluding carboxylic acids is 1. The second-order valence-electron chi connectivity index (χ2n) is 9.48. The van der Waals surface area contributed by atoms with Crippen LogP contribution in [-0.2, 0) is 24.3 Å².